The lowest BCUT2D eigenvalue weighted by Gasteiger charge is -2.07. The molecule has 19 heavy (non-hydrogen) atoms. The van der Waals surface area contributed by atoms with E-state index in [2.05, 4.69) is 14.7 Å². The predicted molar refractivity (Wildman–Crippen MR) is 70.2 cm³/mol. The second kappa shape index (κ2) is 5.19. The molecule has 0 aliphatic heterocycles. The van der Waals surface area contributed by atoms with Crippen LogP contribution < -0.4 is 10.5 Å². The highest BCUT2D eigenvalue weighted by Gasteiger charge is 2.10. The first-order chi connectivity index (χ1) is 9.01. The first kappa shape index (κ1) is 13.2. The Morgan fingerprint density at radius 3 is 2.79 bits per heavy atom. The van der Waals surface area contributed by atoms with E-state index >= 15 is 0 Å². The lowest BCUT2D eigenvalue weighted by atomic mass is 10.1. The first-order valence-electron chi connectivity index (χ1n) is 5.91. The number of hydrogen-bond acceptors (Lipinski definition) is 4. The summed E-state index contributed by atoms with van der Waals surface area (Å²) in [6.45, 7) is 0.605. The zero-order valence-electron chi connectivity index (χ0n) is 11.1. The highest BCUT2D eigenvalue weighted by molar-refractivity contribution is 5.93. The molecule has 0 saturated carbocycles. The molecule has 0 bridgehead atoms. The van der Waals surface area contributed by atoms with Gasteiger partial charge < -0.3 is 14.6 Å². The number of aromatic nitrogens is 2. The molecular weight excluding hydrogens is 246 g/mol. The third-order valence-corrected chi connectivity index (χ3v) is 2.70. The molecule has 2 N–H and O–H groups in total. The van der Waals surface area contributed by atoms with Crippen molar-refractivity contribution in [3.05, 3.63) is 39.9 Å². The number of H-pyrrole nitrogens is 1. The summed E-state index contributed by atoms with van der Waals surface area (Å²) in [7, 11) is 5.25. The van der Waals surface area contributed by atoms with Crippen LogP contribution in [0.1, 0.15) is 16.2 Å². The summed E-state index contributed by atoms with van der Waals surface area (Å²) >= 11 is 0. The van der Waals surface area contributed by atoms with Crippen molar-refractivity contribution < 1.29 is 14.4 Å². The van der Waals surface area contributed by atoms with E-state index in [1.54, 1.807) is 18.2 Å². The fourth-order valence-corrected chi connectivity index (χ4v) is 1.85. The molecule has 0 aliphatic carbocycles. The van der Waals surface area contributed by atoms with Gasteiger partial charge in [-0.15, -0.1) is 0 Å². The summed E-state index contributed by atoms with van der Waals surface area (Å²) < 4.78 is 4.65. The lowest BCUT2D eigenvalue weighted by Crippen LogP contribution is -3.04. The van der Waals surface area contributed by atoms with Crippen LogP contribution in [-0.2, 0) is 11.3 Å². The van der Waals surface area contributed by atoms with Gasteiger partial charge in [-0.1, -0.05) is 0 Å². The van der Waals surface area contributed by atoms with E-state index in [1.165, 1.54) is 7.11 Å². The SMILES string of the molecule is COC(=O)c1ccc2c(=O)[nH]c(C[NH+](C)C)nc2c1. The molecule has 2 aromatic rings. The van der Waals surface area contributed by atoms with Gasteiger partial charge in [-0.25, -0.2) is 9.78 Å². The van der Waals surface area contributed by atoms with Crippen molar-refractivity contribution in [3.63, 3.8) is 0 Å². The van der Waals surface area contributed by atoms with Gasteiger partial charge in [-0.3, -0.25) is 4.79 Å². The Morgan fingerprint density at radius 2 is 2.16 bits per heavy atom. The van der Waals surface area contributed by atoms with Gasteiger partial charge in [0, 0.05) is 0 Å². The molecule has 1 aromatic carbocycles. The van der Waals surface area contributed by atoms with Crippen LogP contribution in [0.4, 0.5) is 0 Å². The normalized spacial score (nSPS) is 10.9. The number of fused-ring (bicyclic) bond motifs is 1. The van der Waals surface area contributed by atoms with E-state index in [9.17, 15) is 9.59 Å². The molecule has 0 radical (unpaired) electrons. The molecule has 0 aliphatic rings. The Kier molecular flexibility index (Phi) is 3.62. The summed E-state index contributed by atoms with van der Waals surface area (Å²) in [5, 5.41) is 0.463. The Bertz CT molecular complexity index is 676. The maximum atomic E-state index is 11.9. The van der Waals surface area contributed by atoms with E-state index in [1.807, 2.05) is 14.1 Å². The van der Waals surface area contributed by atoms with E-state index < -0.39 is 5.97 Å². The van der Waals surface area contributed by atoms with Crippen LogP contribution >= 0.6 is 0 Å². The van der Waals surface area contributed by atoms with Crippen LogP contribution in [0.3, 0.4) is 0 Å². The molecule has 6 nitrogen and oxygen atoms in total. The average molecular weight is 262 g/mol. The molecule has 0 atom stereocenters. The smallest absolute Gasteiger partial charge is 0.337 e. The third-order valence-electron chi connectivity index (χ3n) is 2.70. The van der Waals surface area contributed by atoms with Crippen molar-refractivity contribution in [2.45, 2.75) is 6.54 Å². The number of carbonyl (C=O) groups excluding carboxylic acids is 1. The van der Waals surface area contributed by atoms with Crippen LogP contribution in [-0.4, -0.2) is 37.1 Å². The third kappa shape index (κ3) is 2.79. The molecule has 100 valence electrons. The second-order valence-corrected chi connectivity index (χ2v) is 4.62. The number of carbonyl (C=O) groups is 1. The molecule has 0 spiro atoms. The molecular formula is C13H16N3O3+. The standard InChI is InChI=1S/C13H15N3O3/c1-16(2)7-11-14-10-6-8(13(18)19-3)4-5-9(10)12(17)15-11/h4-6H,7H2,1-3H3,(H,14,15,17)/p+1. The largest absolute Gasteiger partial charge is 0.465 e. The number of nitrogens with one attached hydrogen (secondary N) is 2. The number of methoxy groups -OCH3 is 1. The summed E-state index contributed by atoms with van der Waals surface area (Å²) in [6.07, 6.45) is 0. The maximum Gasteiger partial charge on any atom is 0.337 e. The van der Waals surface area contributed by atoms with Crippen LogP contribution in [0.25, 0.3) is 10.9 Å². The van der Waals surface area contributed by atoms with Crippen molar-refractivity contribution in [3.8, 4) is 0 Å². The van der Waals surface area contributed by atoms with E-state index in [-0.39, 0.29) is 5.56 Å². The van der Waals surface area contributed by atoms with Gasteiger partial charge >= 0.3 is 5.97 Å². The van der Waals surface area contributed by atoms with Crippen LogP contribution in [0.2, 0.25) is 0 Å². The fraction of sp³-hybridized carbons (Fsp3) is 0.308. The minimum absolute atomic E-state index is 0.197. The molecule has 6 heteroatoms. The minimum atomic E-state index is -0.441. The molecule has 0 fully saturated rings. The quantitative estimate of drug-likeness (QED) is 0.721. The molecule has 1 heterocycles. The van der Waals surface area contributed by atoms with Crippen LogP contribution in [0, 0.1) is 0 Å². The maximum absolute atomic E-state index is 11.9. The van der Waals surface area contributed by atoms with Gasteiger partial charge in [0.2, 0.25) is 0 Å². The summed E-state index contributed by atoms with van der Waals surface area (Å²) in [5.74, 6) is 0.156. The van der Waals surface area contributed by atoms with Gasteiger partial charge in [0.1, 0.15) is 6.54 Å². The number of benzene rings is 1. The summed E-state index contributed by atoms with van der Waals surface area (Å²) in [6, 6.07) is 4.71. The Hall–Kier alpha value is -2.21. The Labute approximate surface area is 110 Å². The topological polar surface area (TPSA) is 76.5 Å². The van der Waals surface area contributed by atoms with Gasteiger partial charge in [-0.2, -0.15) is 0 Å². The average Bonchev–Trinajstić information content (AvgIpc) is 2.36. The monoisotopic (exact) mass is 262 g/mol. The molecule has 2 rings (SSSR count). The fourth-order valence-electron chi connectivity index (χ4n) is 1.85. The highest BCUT2D eigenvalue weighted by Crippen LogP contribution is 2.11. The van der Waals surface area contributed by atoms with E-state index in [0.717, 1.165) is 4.90 Å². The van der Waals surface area contributed by atoms with Gasteiger partial charge in [-0.05, 0) is 18.2 Å². The van der Waals surface area contributed by atoms with Gasteiger partial charge in [0.25, 0.3) is 5.56 Å². The second-order valence-electron chi connectivity index (χ2n) is 4.62. The van der Waals surface area contributed by atoms with Crippen LogP contribution in [0.5, 0.6) is 0 Å². The van der Waals surface area contributed by atoms with Crippen molar-refractivity contribution in [2.24, 2.45) is 0 Å². The van der Waals surface area contributed by atoms with E-state index in [0.29, 0.717) is 28.8 Å². The zero-order chi connectivity index (χ0) is 14.0. The summed E-state index contributed by atoms with van der Waals surface area (Å²) in [5.41, 5.74) is 0.691. The van der Waals surface area contributed by atoms with Gasteiger partial charge in [0.05, 0.1) is 37.7 Å². The number of hydrogen-bond donors (Lipinski definition) is 2. The summed E-state index contributed by atoms with van der Waals surface area (Å²) in [4.78, 5) is 31.6. The van der Waals surface area contributed by atoms with Crippen molar-refractivity contribution in [1.82, 2.24) is 9.97 Å². The first-order valence-corrected chi connectivity index (χ1v) is 5.91. The lowest BCUT2D eigenvalue weighted by molar-refractivity contribution is -0.873. The predicted octanol–water partition coefficient (Wildman–Crippen LogP) is -0.646. The minimum Gasteiger partial charge on any atom is -0.465 e. The van der Waals surface area contributed by atoms with Gasteiger partial charge in [0.15, 0.2) is 5.82 Å². The number of aromatic amines is 1. The number of quaternary nitrogens is 1. The van der Waals surface area contributed by atoms with Crippen molar-refractivity contribution in [2.75, 3.05) is 21.2 Å². The molecule has 0 saturated heterocycles. The zero-order valence-corrected chi connectivity index (χ0v) is 11.1. The molecule has 0 amide bonds. The van der Waals surface area contributed by atoms with Crippen LogP contribution in [0.15, 0.2) is 23.0 Å². The Morgan fingerprint density at radius 1 is 1.42 bits per heavy atom. The number of rotatable bonds is 3. The Balaban J connectivity index is 2.56. The van der Waals surface area contributed by atoms with Crippen molar-refractivity contribution >= 4 is 16.9 Å². The molecule has 1 aromatic heterocycles. The number of esters is 1. The van der Waals surface area contributed by atoms with Crippen molar-refractivity contribution in [1.29, 1.82) is 0 Å². The highest BCUT2D eigenvalue weighted by atomic mass is 16.5. The van der Waals surface area contributed by atoms with E-state index in [4.69, 9.17) is 0 Å². The molecule has 0 unspecified atom stereocenters. The number of ether oxygens (including phenoxy) is 1. The number of nitrogens with zero attached hydrogens (tertiary/aromatic N) is 1.